The number of rotatable bonds is 4. The number of methoxy groups -OCH3 is 1. The molecule has 0 bridgehead atoms. The Morgan fingerprint density at radius 1 is 1.60 bits per heavy atom. The van der Waals surface area contributed by atoms with Gasteiger partial charge in [-0.1, -0.05) is 6.07 Å². The number of carboxylic acid groups (broad SMARTS) is 1. The van der Waals surface area contributed by atoms with Crippen LogP contribution in [-0.4, -0.2) is 41.7 Å². The number of benzene rings is 1. The predicted molar refractivity (Wildman–Crippen MR) is 72.1 cm³/mol. The fraction of sp³-hybridized carbons (Fsp3) is 0.500. The van der Waals surface area contributed by atoms with Gasteiger partial charge in [-0.2, -0.15) is 0 Å². The van der Waals surface area contributed by atoms with Crippen LogP contribution in [0.3, 0.4) is 0 Å². The summed E-state index contributed by atoms with van der Waals surface area (Å²) in [7, 11) is 1.49. The van der Waals surface area contributed by atoms with E-state index in [9.17, 15) is 9.18 Å². The molecule has 1 heterocycles. The number of carboxylic acids is 1. The van der Waals surface area contributed by atoms with Crippen LogP contribution in [0.2, 0.25) is 0 Å². The molecule has 1 aliphatic rings. The van der Waals surface area contributed by atoms with Crippen molar-refractivity contribution in [1.29, 1.82) is 0 Å². The van der Waals surface area contributed by atoms with Crippen LogP contribution in [0.4, 0.5) is 4.39 Å². The highest BCUT2D eigenvalue weighted by molar-refractivity contribution is 5.79. The first-order valence-corrected chi connectivity index (χ1v) is 6.48. The van der Waals surface area contributed by atoms with Crippen LogP contribution in [0.5, 0.6) is 5.75 Å². The number of hydrogen-bond acceptors (Lipinski definition) is 4. The summed E-state index contributed by atoms with van der Waals surface area (Å²) in [6.45, 7) is 2.54. The Labute approximate surface area is 117 Å². The largest absolute Gasteiger partial charge is 0.496 e. The Bertz CT molecular complexity index is 523. The summed E-state index contributed by atoms with van der Waals surface area (Å²) in [5, 5.41) is 9.15. The monoisotopic (exact) mass is 282 g/mol. The van der Waals surface area contributed by atoms with Gasteiger partial charge in [0.25, 0.3) is 0 Å². The fourth-order valence-electron chi connectivity index (χ4n) is 2.65. The number of carbonyl (C=O) groups is 1. The summed E-state index contributed by atoms with van der Waals surface area (Å²) in [5.41, 5.74) is 5.03. The topological polar surface area (TPSA) is 75.8 Å². The van der Waals surface area contributed by atoms with Gasteiger partial charge in [0.05, 0.1) is 7.11 Å². The van der Waals surface area contributed by atoms with E-state index in [-0.39, 0.29) is 18.4 Å². The third kappa shape index (κ3) is 2.48. The molecular weight excluding hydrogens is 263 g/mol. The van der Waals surface area contributed by atoms with Gasteiger partial charge in [-0.15, -0.1) is 0 Å². The van der Waals surface area contributed by atoms with Crippen molar-refractivity contribution in [2.24, 2.45) is 5.73 Å². The molecule has 1 fully saturated rings. The number of ether oxygens (including phenoxy) is 1. The maximum Gasteiger partial charge on any atom is 0.325 e. The molecule has 20 heavy (non-hydrogen) atoms. The molecule has 0 radical (unpaired) electrons. The lowest BCUT2D eigenvalue weighted by atomic mass is 10.0. The van der Waals surface area contributed by atoms with Crippen LogP contribution < -0.4 is 10.5 Å². The molecule has 1 saturated heterocycles. The highest BCUT2D eigenvalue weighted by atomic mass is 19.1. The van der Waals surface area contributed by atoms with E-state index in [1.54, 1.807) is 12.1 Å². The molecule has 0 aliphatic carbocycles. The van der Waals surface area contributed by atoms with Crippen molar-refractivity contribution in [2.45, 2.75) is 24.9 Å². The molecule has 2 rings (SSSR count). The van der Waals surface area contributed by atoms with Gasteiger partial charge in [0, 0.05) is 24.7 Å². The molecule has 6 heteroatoms. The van der Waals surface area contributed by atoms with E-state index in [1.807, 2.05) is 11.8 Å². The molecule has 1 aromatic carbocycles. The van der Waals surface area contributed by atoms with Crippen LogP contribution in [0.1, 0.15) is 24.9 Å². The molecule has 1 aromatic rings. The van der Waals surface area contributed by atoms with E-state index in [0.29, 0.717) is 24.3 Å². The van der Waals surface area contributed by atoms with Crippen molar-refractivity contribution >= 4 is 5.97 Å². The van der Waals surface area contributed by atoms with Gasteiger partial charge in [0.2, 0.25) is 0 Å². The molecule has 110 valence electrons. The van der Waals surface area contributed by atoms with Crippen LogP contribution in [-0.2, 0) is 4.79 Å². The van der Waals surface area contributed by atoms with Gasteiger partial charge in [-0.25, -0.2) is 4.39 Å². The predicted octanol–water partition coefficient (Wildman–Crippen LogP) is 1.38. The van der Waals surface area contributed by atoms with Gasteiger partial charge in [0.1, 0.15) is 17.1 Å². The van der Waals surface area contributed by atoms with Crippen molar-refractivity contribution in [1.82, 2.24) is 4.90 Å². The Morgan fingerprint density at radius 2 is 2.30 bits per heavy atom. The molecule has 2 atom stereocenters. The zero-order chi connectivity index (χ0) is 14.9. The van der Waals surface area contributed by atoms with Gasteiger partial charge < -0.3 is 15.6 Å². The van der Waals surface area contributed by atoms with Crippen molar-refractivity contribution in [3.05, 3.63) is 29.6 Å². The summed E-state index contributed by atoms with van der Waals surface area (Å²) in [6, 6.07) is 4.35. The van der Waals surface area contributed by atoms with Crippen LogP contribution in [0.25, 0.3) is 0 Å². The Morgan fingerprint density at radius 3 is 2.85 bits per heavy atom. The average Bonchev–Trinajstić information content (AvgIpc) is 2.82. The van der Waals surface area contributed by atoms with E-state index >= 15 is 0 Å². The first-order valence-electron chi connectivity index (χ1n) is 6.48. The maximum absolute atomic E-state index is 14.0. The first-order chi connectivity index (χ1) is 9.39. The summed E-state index contributed by atoms with van der Waals surface area (Å²) in [6.07, 6.45) is 0.351. The Kier molecular flexibility index (Phi) is 3.96. The smallest absolute Gasteiger partial charge is 0.325 e. The molecule has 2 unspecified atom stereocenters. The second kappa shape index (κ2) is 5.38. The fourth-order valence-corrected chi connectivity index (χ4v) is 2.65. The number of aliphatic carboxylic acids is 1. The minimum absolute atomic E-state index is 0.195. The average molecular weight is 282 g/mol. The number of nitrogens with zero attached hydrogens (tertiary/aromatic N) is 1. The zero-order valence-corrected chi connectivity index (χ0v) is 11.6. The first kappa shape index (κ1) is 14.7. The number of nitrogens with two attached hydrogens (primary N) is 1. The van der Waals surface area contributed by atoms with E-state index in [0.717, 1.165) is 0 Å². The van der Waals surface area contributed by atoms with E-state index in [1.165, 1.54) is 13.2 Å². The van der Waals surface area contributed by atoms with Crippen molar-refractivity contribution in [2.75, 3.05) is 20.2 Å². The molecule has 1 aliphatic heterocycles. The van der Waals surface area contributed by atoms with Crippen LogP contribution in [0.15, 0.2) is 18.2 Å². The summed E-state index contributed by atoms with van der Waals surface area (Å²) < 4.78 is 19.2. The maximum atomic E-state index is 14.0. The number of likely N-dealkylation sites (tertiary alicyclic amines) is 1. The van der Waals surface area contributed by atoms with Crippen LogP contribution in [0, 0.1) is 5.82 Å². The van der Waals surface area contributed by atoms with Crippen molar-refractivity contribution in [3.63, 3.8) is 0 Å². The van der Waals surface area contributed by atoms with Gasteiger partial charge in [-0.3, -0.25) is 9.69 Å². The van der Waals surface area contributed by atoms with E-state index in [2.05, 4.69) is 0 Å². The minimum Gasteiger partial charge on any atom is -0.496 e. The third-order valence-electron chi connectivity index (χ3n) is 3.95. The normalized spacial score (nSPS) is 24.6. The van der Waals surface area contributed by atoms with Gasteiger partial charge >= 0.3 is 5.97 Å². The lowest BCUT2D eigenvalue weighted by Gasteiger charge is -2.27. The molecule has 0 saturated carbocycles. The Hall–Kier alpha value is -1.66. The van der Waals surface area contributed by atoms with Crippen LogP contribution >= 0.6 is 0 Å². The van der Waals surface area contributed by atoms with Gasteiger partial charge in [-0.05, 0) is 25.5 Å². The second-order valence-electron chi connectivity index (χ2n) is 5.21. The lowest BCUT2D eigenvalue weighted by Crippen LogP contribution is -2.50. The highest BCUT2D eigenvalue weighted by Gasteiger charge is 2.43. The van der Waals surface area contributed by atoms with E-state index < -0.39 is 11.5 Å². The van der Waals surface area contributed by atoms with E-state index in [4.69, 9.17) is 15.6 Å². The standard InChI is InChI=1S/C14H19FN2O3/c1-9(12-10(15)4-3-5-11(12)20-2)17-7-6-14(16,8-17)13(18)19/h3-5,9H,6-8,16H2,1-2H3,(H,18,19). The summed E-state index contributed by atoms with van der Waals surface area (Å²) in [5.74, 6) is -0.920. The summed E-state index contributed by atoms with van der Waals surface area (Å²) >= 11 is 0. The number of halogens is 1. The third-order valence-corrected chi connectivity index (χ3v) is 3.95. The molecule has 0 amide bonds. The molecule has 3 N–H and O–H groups in total. The van der Waals surface area contributed by atoms with Gasteiger partial charge in [0.15, 0.2) is 0 Å². The second-order valence-corrected chi connectivity index (χ2v) is 5.21. The lowest BCUT2D eigenvalue weighted by molar-refractivity contribution is -0.142. The molecule has 0 spiro atoms. The molecular formula is C14H19FN2O3. The highest BCUT2D eigenvalue weighted by Crippen LogP contribution is 2.35. The van der Waals surface area contributed by atoms with Crippen molar-refractivity contribution in [3.8, 4) is 5.75 Å². The van der Waals surface area contributed by atoms with Crippen molar-refractivity contribution < 1.29 is 19.0 Å². The number of hydrogen-bond donors (Lipinski definition) is 2. The zero-order valence-electron chi connectivity index (χ0n) is 11.6. The Balaban J connectivity index is 2.26. The molecule has 5 nitrogen and oxygen atoms in total. The summed E-state index contributed by atoms with van der Waals surface area (Å²) in [4.78, 5) is 13.0. The quantitative estimate of drug-likeness (QED) is 0.872. The minimum atomic E-state index is -1.26. The molecule has 0 aromatic heterocycles. The SMILES string of the molecule is COc1cccc(F)c1C(C)N1CCC(N)(C(=O)O)C1.